The smallest absolute Gasteiger partial charge is 0.262 e. The minimum Gasteiger partial charge on any atom is -0.376 e. The first-order valence-electron chi connectivity index (χ1n) is 12.1. The van der Waals surface area contributed by atoms with E-state index in [0.717, 1.165) is 31.4 Å². The zero-order chi connectivity index (χ0) is 25.2. The molecule has 2 heterocycles. The third-order valence-corrected chi connectivity index (χ3v) is 8.27. The largest absolute Gasteiger partial charge is 0.376 e. The summed E-state index contributed by atoms with van der Waals surface area (Å²) >= 11 is 0. The molecule has 2 N–H and O–H groups in total. The average Bonchev–Trinajstić information content (AvgIpc) is 3.48. The second-order valence-electron chi connectivity index (χ2n) is 9.45. The maximum atomic E-state index is 13.3. The number of rotatable bonds is 7. The quantitative estimate of drug-likeness (QED) is 0.608. The van der Waals surface area contributed by atoms with Crippen molar-refractivity contribution in [1.29, 1.82) is 0 Å². The SMILES string of the molecule is Cc1cc(C)c(S(=O)(=O)Nc2cccc(C(=O)N3CCCC3C(=O)NCC3CCCO3)c2)c(C)c1. The lowest BCUT2D eigenvalue weighted by Gasteiger charge is -2.25. The molecular weight excluding hydrogens is 466 g/mol. The second kappa shape index (κ2) is 10.4. The molecule has 4 rings (SSSR count). The zero-order valence-corrected chi connectivity index (χ0v) is 21.3. The Labute approximate surface area is 207 Å². The standard InChI is InChI=1S/C26H33N3O5S/c1-17-13-18(2)24(19(3)14-17)35(32,33)28-21-8-4-7-20(15-21)26(31)29-11-5-10-23(29)25(30)27-16-22-9-6-12-34-22/h4,7-8,13-15,22-23,28H,5-6,9-12,16H2,1-3H3,(H,27,30). The van der Waals surface area contributed by atoms with Crippen molar-refractivity contribution in [3.63, 3.8) is 0 Å². The van der Waals surface area contributed by atoms with Gasteiger partial charge in [0.1, 0.15) is 6.04 Å². The third kappa shape index (κ3) is 5.67. The van der Waals surface area contributed by atoms with Gasteiger partial charge in [-0.05, 0) is 75.8 Å². The molecule has 8 nitrogen and oxygen atoms in total. The number of carbonyl (C=O) groups excluding carboxylic acids is 2. The summed E-state index contributed by atoms with van der Waals surface area (Å²) < 4.78 is 34.5. The second-order valence-corrected chi connectivity index (χ2v) is 11.1. The Morgan fingerprint density at radius 2 is 1.80 bits per heavy atom. The maximum absolute atomic E-state index is 13.3. The first kappa shape index (κ1) is 25.2. The molecule has 0 spiro atoms. The van der Waals surface area contributed by atoms with Crippen LogP contribution in [0, 0.1) is 20.8 Å². The van der Waals surface area contributed by atoms with Crippen LogP contribution in [-0.2, 0) is 19.6 Å². The van der Waals surface area contributed by atoms with Crippen molar-refractivity contribution in [1.82, 2.24) is 10.2 Å². The third-order valence-electron chi connectivity index (χ3n) is 6.58. The van der Waals surface area contributed by atoms with Crippen molar-refractivity contribution in [2.24, 2.45) is 0 Å². The number of sulfonamides is 1. The van der Waals surface area contributed by atoms with Crippen LogP contribution in [0.3, 0.4) is 0 Å². The highest BCUT2D eigenvalue weighted by Gasteiger charge is 2.35. The van der Waals surface area contributed by atoms with Crippen molar-refractivity contribution in [3.8, 4) is 0 Å². The molecule has 35 heavy (non-hydrogen) atoms. The molecule has 0 bridgehead atoms. The topological polar surface area (TPSA) is 105 Å². The van der Waals surface area contributed by atoms with Crippen LogP contribution in [0.15, 0.2) is 41.3 Å². The minimum atomic E-state index is -3.84. The number of hydrogen-bond donors (Lipinski definition) is 2. The molecule has 0 aliphatic carbocycles. The molecule has 2 atom stereocenters. The number of anilines is 1. The number of hydrogen-bond acceptors (Lipinski definition) is 5. The van der Waals surface area contributed by atoms with E-state index in [9.17, 15) is 18.0 Å². The van der Waals surface area contributed by atoms with Gasteiger partial charge in [-0.1, -0.05) is 23.8 Å². The molecule has 2 aromatic carbocycles. The Hall–Kier alpha value is -2.91. The Morgan fingerprint density at radius 3 is 2.49 bits per heavy atom. The van der Waals surface area contributed by atoms with E-state index in [1.165, 1.54) is 6.07 Å². The summed E-state index contributed by atoms with van der Waals surface area (Å²) in [5.41, 5.74) is 2.95. The first-order valence-corrected chi connectivity index (χ1v) is 13.5. The number of amides is 2. The van der Waals surface area contributed by atoms with Crippen LogP contribution in [-0.4, -0.2) is 57.0 Å². The average molecular weight is 500 g/mol. The van der Waals surface area contributed by atoms with E-state index in [1.54, 1.807) is 36.9 Å². The Morgan fingerprint density at radius 1 is 1.06 bits per heavy atom. The molecule has 188 valence electrons. The van der Waals surface area contributed by atoms with Crippen molar-refractivity contribution in [3.05, 3.63) is 58.7 Å². The van der Waals surface area contributed by atoms with E-state index in [4.69, 9.17) is 4.74 Å². The number of aryl methyl sites for hydroxylation is 3. The van der Waals surface area contributed by atoms with E-state index >= 15 is 0 Å². The number of carbonyl (C=O) groups is 2. The summed E-state index contributed by atoms with van der Waals surface area (Å²) in [6, 6.07) is 9.55. The normalized spacial score (nSPS) is 20.1. The highest BCUT2D eigenvalue weighted by Crippen LogP contribution is 2.26. The summed E-state index contributed by atoms with van der Waals surface area (Å²) in [4.78, 5) is 27.9. The van der Waals surface area contributed by atoms with Gasteiger partial charge in [0.25, 0.3) is 15.9 Å². The summed E-state index contributed by atoms with van der Waals surface area (Å²) in [5, 5.41) is 2.93. The van der Waals surface area contributed by atoms with Gasteiger partial charge >= 0.3 is 0 Å². The highest BCUT2D eigenvalue weighted by molar-refractivity contribution is 7.92. The van der Waals surface area contributed by atoms with Gasteiger partial charge in [0.2, 0.25) is 5.91 Å². The first-order chi connectivity index (χ1) is 16.7. The summed E-state index contributed by atoms with van der Waals surface area (Å²) in [7, 11) is -3.84. The van der Waals surface area contributed by atoms with Crippen LogP contribution in [0.4, 0.5) is 5.69 Å². The summed E-state index contributed by atoms with van der Waals surface area (Å²) in [6.07, 6.45) is 3.30. The summed E-state index contributed by atoms with van der Waals surface area (Å²) in [5.74, 6) is -0.461. The van der Waals surface area contributed by atoms with Gasteiger partial charge in [-0.2, -0.15) is 0 Å². The van der Waals surface area contributed by atoms with E-state index in [2.05, 4.69) is 10.0 Å². The fraction of sp³-hybridized carbons (Fsp3) is 0.462. The number of nitrogens with zero attached hydrogens (tertiary/aromatic N) is 1. The van der Waals surface area contributed by atoms with Crippen LogP contribution in [0.1, 0.15) is 52.7 Å². The number of likely N-dealkylation sites (tertiary alicyclic amines) is 1. The zero-order valence-electron chi connectivity index (χ0n) is 20.5. The fourth-order valence-electron chi connectivity index (χ4n) is 5.10. The van der Waals surface area contributed by atoms with Crippen LogP contribution in [0.5, 0.6) is 0 Å². The van der Waals surface area contributed by atoms with Gasteiger partial charge in [-0.3, -0.25) is 14.3 Å². The van der Waals surface area contributed by atoms with Gasteiger partial charge in [-0.25, -0.2) is 8.42 Å². The predicted octanol–water partition coefficient (Wildman–Crippen LogP) is 3.31. The molecule has 0 aromatic heterocycles. The lowest BCUT2D eigenvalue weighted by Crippen LogP contribution is -2.47. The Balaban J connectivity index is 1.48. The molecule has 2 saturated heterocycles. The maximum Gasteiger partial charge on any atom is 0.262 e. The van der Waals surface area contributed by atoms with Crippen molar-refractivity contribution >= 4 is 27.5 Å². The Kier molecular flexibility index (Phi) is 7.47. The fourth-order valence-corrected chi connectivity index (χ4v) is 6.60. The van der Waals surface area contributed by atoms with Gasteiger partial charge < -0.3 is 15.0 Å². The van der Waals surface area contributed by atoms with E-state index in [1.807, 2.05) is 19.1 Å². The molecular formula is C26H33N3O5S. The van der Waals surface area contributed by atoms with Gasteiger partial charge in [0, 0.05) is 30.9 Å². The number of nitrogens with one attached hydrogen (secondary N) is 2. The summed E-state index contributed by atoms with van der Waals surface area (Å²) in [6.45, 7) is 7.11. The predicted molar refractivity (Wildman–Crippen MR) is 134 cm³/mol. The van der Waals surface area contributed by atoms with Crippen molar-refractivity contribution < 1.29 is 22.7 Å². The van der Waals surface area contributed by atoms with Crippen LogP contribution >= 0.6 is 0 Å². The van der Waals surface area contributed by atoms with Gasteiger partial charge in [-0.15, -0.1) is 0 Å². The van der Waals surface area contributed by atoms with Crippen molar-refractivity contribution in [2.45, 2.75) is 63.5 Å². The lowest BCUT2D eigenvalue weighted by atomic mass is 10.1. The van der Waals surface area contributed by atoms with Crippen molar-refractivity contribution in [2.75, 3.05) is 24.4 Å². The molecule has 2 aliphatic heterocycles. The van der Waals surface area contributed by atoms with E-state index < -0.39 is 16.1 Å². The van der Waals surface area contributed by atoms with Gasteiger partial charge in [0.15, 0.2) is 0 Å². The monoisotopic (exact) mass is 499 g/mol. The molecule has 2 fully saturated rings. The minimum absolute atomic E-state index is 0.0370. The highest BCUT2D eigenvalue weighted by atomic mass is 32.2. The number of benzene rings is 2. The van der Waals surface area contributed by atoms with Crippen LogP contribution in [0.25, 0.3) is 0 Å². The number of ether oxygens (including phenoxy) is 1. The molecule has 0 saturated carbocycles. The van der Waals surface area contributed by atoms with Gasteiger partial charge in [0.05, 0.1) is 11.0 Å². The molecule has 2 aromatic rings. The lowest BCUT2D eigenvalue weighted by molar-refractivity contribution is -0.125. The van der Waals surface area contributed by atoms with Crippen LogP contribution in [0.2, 0.25) is 0 Å². The molecule has 2 aliphatic rings. The van der Waals surface area contributed by atoms with E-state index in [-0.39, 0.29) is 22.8 Å². The molecule has 2 unspecified atom stereocenters. The molecule has 0 radical (unpaired) electrons. The Bertz CT molecular complexity index is 1200. The molecule has 9 heteroatoms. The van der Waals surface area contributed by atoms with Crippen LogP contribution < -0.4 is 10.0 Å². The molecule has 2 amide bonds. The van der Waals surface area contributed by atoms with E-state index in [0.29, 0.717) is 41.9 Å².